The molecular formula is C39H35ClN8O3S. The van der Waals surface area contributed by atoms with Gasteiger partial charge in [0.25, 0.3) is 5.91 Å². The molecule has 5 aromatic rings. The van der Waals surface area contributed by atoms with Gasteiger partial charge in [0.15, 0.2) is 5.82 Å². The van der Waals surface area contributed by atoms with Gasteiger partial charge in [-0.05, 0) is 86.3 Å². The Morgan fingerprint density at radius 1 is 1.02 bits per heavy atom. The molecule has 52 heavy (non-hydrogen) atoms. The predicted molar refractivity (Wildman–Crippen MR) is 198 cm³/mol. The first kappa shape index (κ1) is 33.7. The Hall–Kier alpha value is -5.38. The van der Waals surface area contributed by atoms with Gasteiger partial charge in [0.05, 0.1) is 16.9 Å². The van der Waals surface area contributed by atoms with Crippen LogP contribution in [0.3, 0.4) is 0 Å². The first-order valence-electron chi connectivity index (χ1n) is 17.4. The molecule has 13 heteroatoms. The van der Waals surface area contributed by atoms with Crippen LogP contribution in [0.4, 0.5) is 0 Å². The highest BCUT2D eigenvalue weighted by molar-refractivity contribution is 7.15. The van der Waals surface area contributed by atoms with Crippen molar-refractivity contribution in [1.29, 1.82) is 0 Å². The fourth-order valence-corrected chi connectivity index (χ4v) is 8.59. The summed E-state index contributed by atoms with van der Waals surface area (Å²) in [7, 11) is 0. The lowest BCUT2D eigenvalue weighted by atomic mass is 9.98. The highest BCUT2D eigenvalue weighted by atomic mass is 35.5. The minimum atomic E-state index is -0.603. The molecule has 1 atom stereocenters. The van der Waals surface area contributed by atoms with Crippen LogP contribution in [0.25, 0.3) is 5.00 Å². The van der Waals surface area contributed by atoms with Crippen LogP contribution in [-0.4, -0.2) is 58.7 Å². The standard InChI is InChI=1S/C39H35ClN8O3S/c1-23-32(52-39-35(23)36(26-10-12-27(40)13-11-26)41-19-33-45-44-24(2)48(33)39)16-14-28-20-46(22-42-28)18-5-3-4-7-25-8-6-9-29-30(25)21-47(38(29)51)31-15-17-34(49)43-37(31)50/h6,8-13,20,22,31H,3-5,7,15,17-19,21H2,1-2H3,(H,43,49,50). The van der Waals surface area contributed by atoms with Gasteiger partial charge in [-0.3, -0.25) is 29.3 Å². The van der Waals surface area contributed by atoms with Crippen molar-refractivity contribution in [3.63, 3.8) is 0 Å². The van der Waals surface area contributed by atoms with E-state index in [0.717, 1.165) is 87.3 Å². The number of imide groups is 1. The first-order valence-corrected chi connectivity index (χ1v) is 18.6. The zero-order valence-electron chi connectivity index (χ0n) is 28.8. The molecule has 1 saturated heterocycles. The summed E-state index contributed by atoms with van der Waals surface area (Å²) in [5.74, 6) is 7.47. The maximum absolute atomic E-state index is 13.2. The summed E-state index contributed by atoms with van der Waals surface area (Å²) in [6.45, 7) is 5.70. The normalized spacial score (nSPS) is 16.4. The first-order chi connectivity index (χ1) is 25.2. The Morgan fingerprint density at radius 3 is 2.69 bits per heavy atom. The number of rotatable bonds is 8. The number of amides is 3. The van der Waals surface area contributed by atoms with E-state index in [2.05, 4.69) is 54.5 Å². The summed E-state index contributed by atoms with van der Waals surface area (Å²) < 4.78 is 4.16. The molecule has 3 amide bonds. The Kier molecular flexibility index (Phi) is 9.07. The molecule has 8 rings (SSSR count). The van der Waals surface area contributed by atoms with Crippen molar-refractivity contribution in [2.24, 2.45) is 4.99 Å². The SMILES string of the molecule is Cc1c(C#Cc2cn(CCCCCc3cccc4c3CN(C3CCC(=O)NC3=O)C4=O)cn2)sc2c1C(c1ccc(Cl)cc1)=NCc1nnc(C)n1-2. The van der Waals surface area contributed by atoms with Crippen molar-refractivity contribution in [1.82, 2.24) is 34.5 Å². The van der Waals surface area contributed by atoms with Crippen LogP contribution < -0.4 is 5.32 Å². The summed E-state index contributed by atoms with van der Waals surface area (Å²) in [4.78, 5) is 49.3. The minimum Gasteiger partial charge on any atom is -0.336 e. The molecule has 3 aliphatic heterocycles. The van der Waals surface area contributed by atoms with Crippen molar-refractivity contribution < 1.29 is 14.4 Å². The number of hydrogen-bond acceptors (Lipinski definition) is 8. The van der Waals surface area contributed by atoms with Crippen LogP contribution in [-0.2, 0) is 35.6 Å². The molecule has 11 nitrogen and oxygen atoms in total. The highest BCUT2D eigenvalue weighted by Gasteiger charge is 2.39. The molecule has 0 saturated carbocycles. The highest BCUT2D eigenvalue weighted by Crippen LogP contribution is 2.37. The number of piperidine rings is 1. The number of nitrogens with zero attached hydrogens (tertiary/aromatic N) is 7. The quantitative estimate of drug-likeness (QED) is 0.124. The van der Waals surface area contributed by atoms with Gasteiger partial charge in [-0.25, -0.2) is 4.98 Å². The number of carbonyl (C=O) groups is 3. The van der Waals surface area contributed by atoms with Gasteiger partial charge in [-0.15, -0.1) is 21.5 Å². The lowest BCUT2D eigenvalue weighted by molar-refractivity contribution is -0.136. The minimum absolute atomic E-state index is 0.133. The molecule has 0 aliphatic carbocycles. The Balaban J connectivity index is 0.906. The van der Waals surface area contributed by atoms with E-state index >= 15 is 0 Å². The number of thiophene rings is 1. The summed E-state index contributed by atoms with van der Waals surface area (Å²) in [5, 5.41) is 12.8. The molecule has 2 aromatic carbocycles. The van der Waals surface area contributed by atoms with Gasteiger partial charge in [-0.1, -0.05) is 42.3 Å². The second-order valence-corrected chi connectivity index (χ2v) is 14.7. The molecule has 262 valence electrons. The number of aryl methyl sites for hydroxylation is 3. The van der Waals surface area contributed by atoms with E-state index < -0.39 is 6.04 Å². The van der Waals surface area contributed by atoms with E-state index in [0.29, 0.717) is 35.8 Å². The Morgan fingerprint density at radius 2 is 1.87 bits per heavy atom. The van der Waals surface area contributed by atoms with E-state index in [9.17, 15) is 14.4 Å². The van der Waals surface area contributed by atoms with Crippen molar-refractivity contribution in [2.45, 2.75) is 78.0 Å². The topological polar surface area (TPSA) is 127 Å². The van der Waals surface area contributed by atoms with Crippen molar-refractivity contribution in [2.75, 3.05) is 0 Å². The van der Waals surface area contributed by atoms with Crippen LogP contribution in [0, 0.1) is 25.7 Å². The summed E-state index contributed by atoms with van der Waals surface area (Å²) in [6.07, 6.45) is 8.24. The van der Waals surface area contributed by atoms with E-state index in [4.69, 9.17) is 16.6 Å². The van der Waals surface area contributed by atoms with E-state index in [1.165, 1.54) is 0 Å². The Bertz CT molecular complexity index is 2340. The molecule has 1 unspecified atom stereocenters. The predicted octanol–water partition coefficient (Wildman–Crippen LogP) is 5.72. The third-order valence-corrected chi connectivity index (χ3v) is 11.4. The number of benzene rings is 2. The van der Waals surface area contributed by atoms with Gasteiger partial charge in [0.1, 0.15) is 29.1 Å². The molecule has 1 N–H and O–H groups in total. The molecular weight excluding hydrogens is 696 g/mol. The molecule has 1 fully saturated rings. The molecule has 0 spiro atoms. The number of carbonyl (C=O) groups excluding carboxylic acids is 3. The number of aliphatic imine (C=N–C) groups is 1. The number of aromatic nitrogens is 5. The zero-order chi connectivity index (χ0) is 35.9. The van der Waals surface area contributed by atoms with Gasteiger partial charge < -0.3 is 9.47 Å². The average Bonchev–Trinajstić information content (AvgIpc) is 3.88. The average molecular weight is 731 g/mol. The van der Waals surface area contributed by atoms with Crippen LogP contribution in [0.5, 0.6) is 0 Å². The third-order valence-electron chi connectivity index (χ3n) is 9.94. The maximum Gasteiger partial charge on any atom is 0.255 e. The van der Waals surface area contributed by atoms with Crippen LogP contribution in [0.15, 0.2) is 60.0 Å². The molecule has 0 radical (unpaired) electrons. The monoisotopic (exact) mass is 730 g/mol. The second-order valence-electron chi connectivity index (χ2n) is 13.3. The number of imidazole rings is 1. The fourth-order valence-electron chi connectivity index (χ4n) is 7.24. The second kappa shape index (κ2) is 14.0. The lowest BCUT2D eigenvalue weighted by Crippen LogP contribution is -2.52. The van der Waals surface area contributed by atoms with Gasteiger partial charge >= 0.3 is 0 Å². The number of fused-ring (bicyclic) bond motifs is 4. The van der Waals surface area contributed by atoms with Crippen molar-refractivity contribution >= 4 is 46.4 Å². The van der Waals surface area contributed by atoms with Crippen molar-refractivity contribution in [3.05, 3.63) is 116 Å². The van der Waals surface area contributed by atoms with Crippen molar-refractivity contribution in [3.8, 4) is 16.8 Å². The molecule has 3 aliphatic rings. The van der Waals surface area contributed by atoms with Gasteiger partial charge in [0, 0.05) is 47.4 Å². The zero-order valence-corrected chi connectivity index (χ0v) is 30.4. The van der Waals surface area contributed by atoms with Crippen LogP contribution >= 0.6 is 22.9 Å². The van der Waals surface area contributed by atoms with Crippen LogP contribution in [0.1, 0.15) is 92.5 Å². The van der Waals surface area contributed by atoms with Gasteiger partial charge in [-0.2, -0.15) is 0 Å². The third kappa shape index (κ3) is 6.35. The van der Waals surface area contributed by atoms with E-state index in [-0.39, 0.29) is 24.1 Å². The lowest BCUT2D eigenvalue weighted by Gasteiger charge is -2.29. The van der Waals surface area contributed by atoms with Crippen LogP contribution in [0.2, 0.25) is 5.02 Å². The fraction of sp³-hybridized carbons (Fsp3) is 0.308. The van der Waals surface area contributed by atoms with Gasteiger partial charge in [0.2, 0.25) is 11.8 Å². The summed E-state index contributed by atoms with van der Waals surface area (Å²) >= 11 is 7.81. The largest absolute Gasteiger partial charge is 0.336 e. The number of unbranched alkanes of at least 4 members (excludes halogenated alkanes) is 2. The number of halogens is 1. The maximum atomic E-state index is 13.2. The number of nitrogens with one attached hydrogen (secondary N) is 1. The summed E-state index contributed by atoms with van der Waals surface area (Å²) in [6, 6.07) is 13.0. The molecule has 3 aromatic heterocycles. The Labute approximate surface area is 309 Å². The van der Waals surface area contributed by atoms with E-state index in [1.807, 2.05) is 55.8 Å². The summed E-state index contributed by atoms with van der Waals surface area (Å²) in [5.41, 5.74) is 7.48. The smallest absolute Gasteiger partial charge is 0.255 e. The molecule has 6 heterocycles. The van der Waals surface area contributed by atoms with E-state index in [1.54, 1.807) is 16.2 Å². The molecule has 0 bridgehead atoms. The number of hydrogen-bond donors (Lipinski definition) is 1.